The number of anilines is 1. The van der Waals surface area contributed by atoms with Crippen LogP contribution < -0.4 is 4.90 Å². The highest BCUT2D eigenvalue weighted by Gasteiger charge is 2.41. The maximum Gasteiger partial charge on any atom is 0.330 e. The van der Waals surface area contributed by atoms with Crippen LogP contribution in [0.1, 0.15) is 38.5 Å². The molecular weight excluding hydrogens is 276 g/mol. The molecule has 8 nitrogen and oxygen atoms in total. The lowest BCUT2D eigenvalue weighted by Crippen LogP contribution is -2.50. The van der Waals surface area contributed by atoms with E-state index in [4.69, 9.17) is 0 Å². The number of aryl methyl sites for hydroxylation is 1. The summed E-state index contributed by atoms with van der Waals surface area (Å²) < 4.78 is 1.39. The van der Waals surface area contributed by atoms with Crippen LogP contribution in [0, 0.1) is 10.1 Å². The van der Waals surface area contributed by atoms with E-state index in [-0.39, 0.29) is 17.9 Å². The monoisotopic (exact) mass is 296 g/mol. The zero-order valence-corrected chi connectivity index (χ0v) is 12.3. The van der Waals surface area contributed by atoms with Gasteiger partial charge in [0.2, 0.25) is 5.82 Å². The predicted octanol–water partition coefficient (Wildman–Crippen LogP) is 1.94. The van der Waals surface area contributed by atoms with E-state index in [1.807, 2.05) is 0 Å². The minimum Gasteiger partial charge on any atom is -0.481 e. The first-order valence-corrected chi connectivity index (χ1v) is 6.99. The Labute approximate surface area is 122 Å². The fourth-order valence-electron chi connectivity index (χ4n) is 3.18. The molecule has 1 aromatic rings. The third-order valence-electron chi connectivity index (χ3n) is 4.28. The van der Waals surface area contributed by atoms with Crippen molar-refractivity contribution in [2.75, 3.05) is 11.9 Å². The second-order valence-corrected chi connectivity index (χ2v) is 5.68. The summed E-state index contributed by atoms with van der Waals surface area (Å²) in [5, 5.41) is 24.5. The minimum atomic E-state index is -0.887. The summed E-state index contributed by atoms with van der Waals surface area (Å²) in [4.78, 5) is 23.6. The Morgan fingerprint density at radius 1 is 1.52 bits per heavy atom. The van der Waals surface area contributed by atoms with Crippen molar-refractivity contribution in [2.24, 2.45) is 7.05 Å². The number of aliphatic carboxylic acids is 1. The zero-order chi connectivity index (χ0) is 15.6. The van der Waals surface area contributed by atoms with Gasteiger partial charge in [-0.15, -0.1) is 5.10 Å². The molecule has 8 heteroatoms. The summed E-state index contributed by atoms with van der Waals surface area (Å²) in [6.07, 6.45) is 5.67. The van der Waals surface area contributed by atoms with E-state index in [1.165, 1.54) is 10.9 Å². The summed E-state index contributed by atoms with van der Waals surface area (Å²) in [6, 6.07) is 0. The Morgan fingerprint density at radius 2 is 2.14 bits per heavy atom. The summed E-state index contributed by atoms with van der Waals surface area (Å²) >= 11 is 0. The smallest absolute Gasteiger partial charge is 0.330 e. The molecule has 0 aliphatic heterocycles. The highest BCUT2D eigenvalue weighted by atomic mass is 16.6. The molecule has 1 aliphatic carbocycles. The van der Waals surface area contributed by atoms with Crippen molar-refractivity contribution in [3.8, 4) is 0 Å². The molecule has 1 aliphatic rings. The Kier molecular flexibility index (Phi) is 4.15. The highest BCUT2D eigenvalue weighted by molar-refractivity contribution is 5.70. The van der Waals surface area contributed by atoms with E-state index in [2.05, 4.69) is 5.10 Å². The van der Waals surface area contributed by atoms with Crippen molar-refractivity contribution < 1.29 is 14.8 Å². The lowest BCUT2D eigenvalue weighted by Gasteiger charge is -2.43. The molecule has 1 heterocycles. The third kappa shape index (κ3) is 2.98. The summed E-state index contributed by atoms with van der Waals surface area (Å²) in [6.45, 7) is 0. The van der Waals surface area contributed by atoms with Crippen LogP contribution in [0.3, 0.4) is 0 Å². The van der Waals surface area contributed by atoms with Crippen LogP contribution >= 0.6 is 0 Å². The number of carboxylic acid groups (broad SMARTS) is 1. The molecule has 1 aromatic heterocycles. The molecule has 0 bridgehead atoms. The van der Waals surface area contributed by atoms with Crippen LogP contribution in [-0.2, 0) is 11.8 Å². The van der Waals surface area contributed by atoms with Crippen LogP contribution in [0.4, 0.5) is 11.5 Å². The van der Waals surface area contributed by atoms with Crippen molar-refractivity contribution in [2.45, 2.75) is 44.1 Å². The maximum absolute atomic E-state index is 11.2. The first-order chi connectivity index (χ1) is 9.85. The number of nitrogens with zero attached hydrogens (tertiary/aromatic N) is 4. The topological polar surface area (TPSA) is 102 Å². The fourth-order valence-corrected chi connectivity index (χ4v) is 3.18. The highest BCUT2D eigenvalue weighted by Crippen LogP contribution is 2.40. The van der Waals surface area contributed by atoms with Gasteiger partial charge in [0.1, 0.15) is 6.20 Å². The van der Waals surface area contributed by atoms with Crippen LogP contribution in [0.5, 0.6) is 0 Å². The number of carbonyl (C=O) groups is 1. The van der Waals surface area contributed by atoms with E-state index in [0.29, 0.717) is 12.8 Å². The average Bonchev–Trinajstić information content (AvgIpc) is 2.80. The number of carboxylic acids is 1. The number of nitro groups is 1. The quantitative estimate of drug-likeness (QED) is 0.658. The number of hydrogen-bond donors (Lipinski definition) is 1. The van der Waals surface area contributed by atoms with Gasteiger partial charge in [-0.1, -0.05) is 19.3 Å². The summed E-state index contributed by atoms with van der Waals surface area (Å²) in [5.74, 6) is -0.645. The average molecular weight is 296 g/mol. The second-order valence-electron chi connectivity index (χ2n) is 5.68. The number of rotatable bonds is 5. The van der Waals surface area contributed by atoms with Crippen LogP contribution in [0.15, 0.2) is 6.20 Å². The van der Waals surface area contributed by atoms with E-state index in [1.54, 1.807) is 19.0 Å². The Morgan fingerprint density at radius 3 is 2.67 bits per heavy atom. The molecular formula is C13H20N4O4. The Balaban J connectivity index is 2.40. The molecule has 21 heavy (non-hydrogen) atoms. The lowest BCUT2D eigenvalue weighted by atomic mass is 9.78. The number of hydrogen-bond acceptors (Lipinski definition) is 5. The van der Waals surface area contributed by atoms with Gasteiger partial charge < -0.3 is 10.0 Å². The zero-order valence-electron chi connectivity index (χ0n) is 12.3. The van der Waals surface area contributed by atoms with Gasteiger partial charge in [-0.3, -0.25) is 19.6 Å². The Bertz CT molecular complexity index is 548. The SMILES string of the molecule is CN(c1nn(C)cc1[N+](=O)[O-])C1(CC(=O)O)CCCCC1. The van der Waals surface area contributed by atoms with E-state index >= 15 is 0 Å². The van der Waals surface area contributed by atoms with Gasteiger partial charge in [-0.05, 0) is 12.8 Å². The molecule has 1 fully saturated rings. The molecule has 0 saturated heterocycles. The molecule has 2 rings (SSSR count). The summed E-state index contributed by atoms with van der Waals surface area (Å²) in [7, 11) is 3.33. The van der Waals surface area contributed by atoms with Gasteiger partial charge in [0, 0.05) is 14.1 Å². The Hall–Kier alpha value is -2.12. The molecule has 116 valence electrons. The van der Waals surface area contributed by atoms with Gasteiger partial charge in [-0.25, -0.2) is 0 Å². The van der Waals surface area contributed by atoms with E-state index < -0.39 is 16.4 Å². The van der Waals surface area contributed by atoms with Gasteiger partial charge in [0.15, 0.2) is 0 Å². The fraction of sp³-hybridized carbons (Fsp3) is 0.692. The van der Waals surface area contributed by atoms with Crippen molar-refractivity contribution in [3.05, 3.63) is 16.3 Å². The van der Waals surface area contributed by atoms with E-state index in [9.17, 15) is 20.0 Å². The van der Waals surface area contributed by atoms with Crippen LogP contribution in [0.2, 0.25) is 0 Å². The third-order valence-corrected chi connectivity index (χ3v) is 4.28. The van der Waals surface area contributed by atoms with Gasteiger partial charge >= 0.3 is 11.7 Å². The van der Waals surface area contributed by atoms with Crippen LogP contribution in [-0.4, -0.2) is 38.4 Å². The first kappa shape index (κ1) is 15.3. The van der Waals surface area contributed by atoms with Crippen molar-refractivity contribution in [3.63, 3.8) is 0 Å². The number of aromatic nitrogens is 2. The van der Waals surface area contributed by atoms with Crippen LogP contribution in [0.25, 0.3) is 0 Å². The van der Waals surface area contributed by atoms with E-state index in [0.717, 1.165) is 19.3 Å². The molecule has 0 aromatic carbocycles. The lowest BCUT2D eigenvalue weighted by molar-refractivity contribution is -0.384. The maximum atomic E-state index is 11.2. The van der Waals surface area contributed by atoms with Crippen molar-refractivity contribution >= 4 is 17.5 Å². The largest absolute Gasteiger partial charge is 0.481 e. The normalized spacial score (nSPS) is 17.4. The first-order valence-electron chi connectivity index (χ1n) is 6.99. The van der Waals surface area contributed by atoms with Gasteiger partial charge in [-0.2, -0.15) is 0 Å². The van der Waals surface area contributed by atoms with Gasteiger partial charge in [0.05, 0.1) is 16.9 Å². The molecule has 0 radical (unpaired) electrons. The van der Waals surface area contributed by atoms with Crippen molar-refractivity contribution in [1.82, 2.24) is 9.78 Å². The molecule has 0 unspecified atom stereocenters. The van der Waals surface area contributed by atoms with Gasteiger partial charge in [0.25, 0.3) is 0 Å². The molecule has 0 atom stereocenters. The molecule has 1 saturated carbocycles. The summed E-state index contributed by atoms with van der Waals surface area (Å²) in [5.41, 5.74) is -0.682. The molecule has 0 amide bonds. The predicted molar refractivity (Wildman–Crippen MR) is 76.3 cm³/mol. The minimum absolute atomic E-state index is 0.0305. The second kappa shape index (κ2) is 5.71. The molecule has 0 spiro atoms. The molecule has 1 N–H and O–H groups in total. The standard InChI is InChI=1S/C13H20N4O4/c1-15-9-10(17(20)21)12(14-15)16(2)13(8-11(18)19)6-4-3-5-7-13/h9H,3-8H2,1-2H3,(H,18,19). The van der Waals surface area contributed by atoms with Crippen molar-refractivity contribution in [1.29, 1.82) is 0 Å².